The first-order valence-corrected chi connectivity index (χ1v) is 9.39. The number of esters is 1. The molecule has 150 valence electrons. The number of ether oxygens (including phenoxy) is 4. The highest BCUT2D eigenvalue weighted by molar-refractivity contribution is 6.33. The second kappa shape index (κ2) is 9.85. The molecule has 0 spiro atoms. The fourth-order valence-corrected chi connectivity index (χ4v) is 3.06. The van der Waals surface area contributed by atoms with Crippen molar-refractivity contribution in [3.63, 3.8) is 0 Å². The number of methoxy groups -OCH3 is 1. The Labute approximate surface area is 174 Å². The number of carbonyl (C=O) groups is 1. The first-order valence-electron chi connectivity index (χ1n) is 9.01. The summed E-state index contributed by atoms with van der Waals surface area (Å²) in [5.41, 5.74) is 0. The van der Waals surface area contributed by atoms with E-state index in [1.807, 2.05) is 54.6 Å². The molecule has 3 aromatic rings. The first kappa shape index (κ1) is 20.6. The highest BCUT2D eigenvalue weighted by Crippen LogP contribution is 2.39. The smallest absolute Gasteiger partial charge is 0.330 e. The molecule has 0 fully saturated rings. The molecule has 5 nitrogen and oxygen atoms in total. The van der Waals surface area contributed by atoms with Crippen molar-refractivity contribution in [2.24, 2.45) is 0 Å². The van der Waals surface area contributed by atoms with Crippen molar-refractivity contribution in [3.8, 4) is 17.2 Å². The molecule has 0 bridgehead atoms. The van der Waals surface area contributed by atoms with E-state index in [-0.39, 0.29) is 13.2 Å². The zero-order valence-corrected chi connectivity index (χ0v) is 16.7. The normalized spacial score (nSPS) is 11.5. The van der Waals surface area contributed by atoms with E-state index in [2.05, 4.69) is 6.58 Å². The molecular formula is C23H21ClO5. The molecule has 0 N–H and O–H groups in total. The molecule has 0 saturated carbocycles. The van der Waals surface area contributed by atoms with Crippen molar-refractivity contribution >= 4 is 28.3 Å². The second-order valence-electron chi connectivity index (χ2n) is 6.13. The van der Waals surface area contributed by atoms with Crippen LogP contribution in [-0.2, 0) is 9.53 Å². The largest absolute Gasteiger partial charge is 0.496 e. The van der Waals surface area contributed by atoms with Crippen LogP contribution < -0.4 is 14.2 Å². The van der Waals surface area contributed by atoms with Crippen LogP contribution >= 0.6 is 11.6 Å². The lowest BCUT2D eigenvalue weighted by Crippen LogP contribution is -2.30. The van der Waals surface area contributed by atoms with Crippen molar-refractivity contribution in [1.29, 1.82) is 0 Å². The molecule has 1 unspecified atom stereocenters. The van der Waals surface area contributed by atoms with Crippen molar-refractivity contribution < 1.29 is 23.7 Å². The lowest BCUT2D eigenvalue weighted by molar-refractivity contribution is -0.146. The topological polar surface area (TPSA) is 54.0 Å². The van der Waals surface area contributed by atoms with Gasteiger partial charge in [-0.2, -0.15) is 0 Å². The summed E-state index contributed by atoms with van der Waals surface area (Å²) in [4.78, 5) is 11.7. The van der Waals surface area contributed by atoms with E-state index in [0.717, 1.165) is 16.8 Å². The van der Waals surface area contributed by atoms with Gasteiger partial charge in [0.1, 0.15) is 30.5 Å². The molecule has 1 atom stereocenters. The maximum Gasteiger partial charge on any atom is 0.330 e. The molecule has 0 aromatic heterocycles. The Morgan fingerprint density at radius 3 is 2.38 bits per heavy atom. The van der Waals surface area contributed by atoms with E-state index in [9.17, 15) is 4.79 Å². The Morgan fingerprint density at radius 2 is 1.69 bits per heavy atom. The van der Waals surface area contributed by atoms with Crippen molar-refractivity contribution in [2.45, 2.75) is 6.10 Å². The van der Waals surface area contributed by atoms with Crippen LogP contribution in [0.1, 0.15) is 0 Å². The first-order chi connectivity index (χ1) is 14.1. The highest BCUT2D eigenvalue weighted by Gasteiger charge is 2.18. The minimum absolute atomic E-state index is 0.0580. The van der Waals surface area contributed by atoms with Crippen molar-refractivity contribution in [3.05, 3.63) is 78.3 Å². The molecule has 0 aliphatic carbocycles. The third-order valence-electron chi connectivity index (χ3n) is 4.17. The molecule has 3 aromatic carbocycles. The summed E-state index contributed by atoms with van der Waals surface area (Å²) >= 11 is 6.42. The average Bonchev–Trinajstić information content (AvgIpc) is 2.76. The van der Waals surface area contributed by atoms with Crippen LogP contribution in [0.15, 0.2) is 73.3 Å². The number of para-hydroxylation sites is 1. The Kier molecular flexibility index (Phi) is 6.98. The molecule has 6 heteroatoms. The van der Waals surface area contributed by atoms with Gasteiger partial charge >= 0.3 is 5.97 Å². The summed E-state index contributed by atoms with van der Waals surface area (Å²) in [5, 5.41) is 2.07. The van der Waals surface area contributed by atoms with E-state index in [0.29, 0.717) is 22.3 Å². The Bertz CT molecular complexity index is 987. The minimum Gasteiger partial charge on any atom is -0.496 e. The maximum atomic E-state index is 11.7. The van der Waals surface area contributed by atoms with Crippen molar-refractivity contribution in [1.82, 2.24) is 0 Å². The predicted octanol–water partition coefficient (Wildman–Crippen LogP) is 5.06. The predicted molar refractivity (Wildman–Crippen MR) is 113 cm³/mol. The quantitative estimate of drug-likeness (QED) is 0.363. The third-order valence-corrected chi connectivity index (χ3v) is 4.45. The Morgan fingerprint density at radius 1 is 1.03 bits per heavy atom. The molecule has 0 radical (unpaired) electrons. The fraction of sp³-hybridized carbons (Fsp3) is 0.174. The van der Waals surface area contributed by atoms with Gasteiger partial charge in [-0.15, -0.1) is 0 Å². The third kappa shape index (κ3) is 5.21. The fourth-order valence-electron chi connectivity index (χ4n) is 2.81. The van der Waals surface area contributed by atoms with E-state index < -0.39 is 12.1 Å². The summed E-state index contributed by atoms with van der Waals surface area (Å²) in [6.45, 7) is 3.61. The van der Waals surface area contributed by atoms with Gasteiger partial charge in [-0.3, -0.25) is 0 Å². The Balaban J connectivity index is 1.78. The monoisotopic (exact) mass is 412 g/mol. The van der Waals surface area contributed by atoms with Gasteiger partial charge in [0, 0.05) is 22.9 Å². The van der Waals surface area contributed by atoms with Crippen LogP contribution in [-0.4, -0.2) is 32.4 Å². The minimum atomic E-state index is -0.655. The van der Waals surface area contributed by atoms with E-state index in [4.69, 9.17) is 30.5 Å². The lowest BCUT2D eigenvalue weighted by Gasteiger charge is -2.20. The molecule has 0 amide bonds. The number of carbonyl (C=O) groups excluding carboxylic acids is 1. The number of hydrogen-bond donors (Lipinski definition) is 0. The van der Waals surface area contributed by atoms with E-state index in [1.165, 1.54) is 0 Å². The summed E-state index contributed by atoms with van der Waals surface area (Å²) < 4.78 is 22.4. The van der Waals surface area contributed by atoms with Crippen molar-refractivity contribution in [2.75, 3.05) is 20.3 Å². The molecule has 0 heterocycles. The zero-order valence-electron chi connectivity index (χ0n) is 16.0. The van der Waals surface area contributed by atoms with E-state index >= 15 is 0 Å². The van der Waals surface area contributed by atoms with Gasteiger partial charge in [0.2, 0.25) is 0 Å². The molecular weight excluding hydrogens is 392 g/mol. The highest BCUT2D eigenvalue weighted by atomic mass is 35.5. The van der Waals surface area contributed by atoms with E-state index in [1.54, 1.807) is 13.2 Å². The van der Waals surface area contributed by atoms with Crippen LogP contribution in [0.3, 0.4) is 0 Å². The van der Waals surface area contributed by atoms with Crippen LogP contribution in [0.5, 0.6) is 17.2 Å². The van der Waals surface area contributed by atoms with Gasteiger partial charge in [0.15, 0.2) is 6.10 Å². The van der Waals surface area contributed by atoms with Gasteiger partial charge in [0.05, 0.1) is 12.1 Å². The van der Waals surface area contributed by atoms with Gasteiger partial charge in [0.25, 0.3) is 0 Å². The lowest BCUT2D eigenvalue weighted by atomic mass is 10.1. The van der Waals surface area contributed by atoms with Gasteiger partial charge in [-0.1, -0.05) is 60.6 Å². The number of halogens is 1. The summed E-state index contributed by atoms with van der Waals surface area (Å²) in [5.74, 6) is 1.25. The molecule has 0 saturated heterocycles. The number of rotatable bonds is 9. The summed E-state index contributed by atoms with van der Waals surface area (Å²) in [7, 11) is 1.59. The number of hydrogen-bond acceptors (Lipinski definition) is 5. The second-order valence-corrected chi connectivity index (χ2v) is 6.54. The van der Waals surface area contributed by atoms with Gasteiger partial charge in [-0.25, -0.2) is 4.79 Å². The average molecular weight is 413 g/mol. The van der Waals surface area contributed by atoms with Gasteiger partial charge < -0.3 is 18.9 Å². The molecule has 0 aliphatic heterocycles. The summed E-state index contributed by atoms with van der Waals surface area (Å²) in [6, 6.07) is 18.6. The van der Waals surface area contributed by atoms with Crippen LogP contribution in [0.4, 0.5) is 0 Å². The molecule has 0 aliphatic rings. The number of fused-ring (bicyclic) bond motifs is 1. The summed E-state index contributed by atoms with van der Waals surface area (Å²) in [6.07, 6.45) is 0.447. The molecule has 29 heavy (non-hydrogen) atoms. The van der Waals surface area contributed by atoms with Crippen LogP contribution in [0, 0.1) is 0 Å². The zero-order chi connectivity index (χ0) is 20.6. The SMILES string of the molecule is C=CC(=O)OC(COc1ccccc1)COc1c(Cl)cc(OC)c2ccccc12. The standard InChI is InChI=1S/C23H21ClO5/c1-3-22(25)29-17(14-27-16-9-5-4-6-10-16)15-28-23-19-12-8-7-11-18(19)21(26-2)13-20(23)24/h3-13,17H,1,14-15H2,2H3. The number of benzene rings is 3. The maximum absolute atomic E-state index is 11.7. The van der Waals surface area contributed by atoms with Crippen LogP contribution in [0.2, 0.25) is 5.02 Å². The Hall–Kier alpha value is -3.18. The van der Waals surface area contributed by atoms with Gasteiger partial charge in [-0.05, 0) is 12.1 Å². The molecule has 3 rings (SSSR count). The van der Waals surface area contributed by atoms with Crippen LogP contribution in [0.25, 0.3) is 10.8 Å².